The first-order valence-electron chi connectivity index (χ1n) is 8.90. The standard InChI is InChI=1S/C17H35N3/c1-4-6-15-7-8-16(18-9-5-2)17(14-15)20-12-10-19(3)11-13-20/h15-18H,4-14H2,1-3H3. The van der Waals surface area contributed by atoms with Gasteiger partial charge in [-0.3, -0.25) is 4.90 Å². The molecule has 118 valence electrons. The molecule has 1 aliphatic heterocycles. The van der Waals surface area contributed by atoms with Crippen molar-refractivity contribution in [1.82, 2.24) is 15.1 Å². The smallest absolute Gasteiger partial charge is 0.0253 e. The Morgan fingerprint density at radius 1 is 1.00 bits per heavy atom. The number of nitrogens with one attached hydrogen (secondary N) is 1. The van der Waals surface area contributed by atoms with Gasteiger partial charge in [-0.05, 0) is 45.2 Å². The lowest BCUT2D eigenvalue weighted by Gasteiger charge is -2.46. The Balaban J connectivity index is 1.93. The summed E-state index contributed by atoms with van der Waals surface area (Å²) in [5, 5.41) is 3.84. The Hall–Kier alpha value is -0.120. The molecule has 1 aliphatic carbocycles. The molecule has 20 heavy (non-hydrogen) atoms. The first-order valence-corrected chi connectivity index (χ1v) is 8.90. The predicted molar refractivity (Wildman–Crippen MR) is 87.2 cm³/mol. The topological polar surface area (TPSA) is 18.5 Å². The molecule has 0 spiro atoms. The molecule has 0 amide bonds. The second-order valence-corrected chi connectivity index (χ2v) is 6.93. The molecule has 1 heterocycles. The van der Waals surface area contributed by atoms with Crippen LogP contribution in [0.15, 0.2) is 0 Å². The molecule has 2 rings (SSSR count). The molecular weight excluding hydrogens is 246 g/mol. The number of hydrogen-bond donors (Lipinski definition) is 1. The summed E-state index contributed by atoms with van der Waals surface area (Å²) < 4.78 is 0. The molecule has 3 heteroatoms. The van der Waals surface area contributed by atoms with E-state index in [4.69, 9.17) is 0 Å². The number of piperazine rings is 1. The van der Waals surface area contributed by atoms with Crippen LogP contribution < -0.4 is 5.32 Å². The normalized spacial score (nSPS) is 33.5. The molecule has 3 atom stereocenters. The fourth-order valence-electron chi connectivity index (χ4n) is 4.03. The average molecular weight is 281 g/mol. The van der Waals surface area contributed by atoms with Gasteiger partial charge in [0.2, 0.25) is 0 Å². The number of hydrogen-bond acceptors (Lipinski definition) is 3. The van der Waals surface area contributed by atoms with Crippen molar-refractivity contribution < 1.29 is 0 Å². The van der Waals surface area contributed by atoms with Crippen LogP contribution in [0.1, 0.15) is 52.4 Å². The van der Waals surface area contributed by atoms with Gasteiger partial charge in [0.15, 0.2) is 0 Å². The Morgan fingerprint density at radius 2 is 1.75 bits per heavy atom. The van der Waals surface area contributed by atoms with E-state index in [1.165, 1.54) is 71.2 Å². The maximum absolute atomic E-state index is 3.84. The van der Waals surface area contributed by atoms with Crippen molar-refractivity contribution in [1.29, 1.82) is 0 Å². The van der Waals surface area contributed by atoms with Gasteiger partial charge >= 0.3 is 0 Å². The highest BCUT2D eigenvalue weighted by Gasteiger charge is 2.34. The van der Waals surface area contributed by atoms with Gasteiger partial charge in [0.25, 0.3) is 0 Å². The maximum Gasteiger partial charge on any atom is 0.0253 e. The lowest BCUT2D eigenvalue weighted by atomic mass is 9.79. The van der Waals surface area contributed by atoms with Gasteiger partial charge in [-0.15, -0.1) is 0 Å². The Kier molecular flexibility index (Phi) is 6.79. The highest BCUT2D eigenvalue weighted by molar-refractivity contribution is 4.92. The fourth-order valence-corrected chi connectivity index (χ4v) is 4.03. The van der Waals surface area contributed by atoms with Crippen molar-refractivity contribution in [2.24, 2.45) is 5.92 Å². The molecular formula is C17H35N3. The highest BCUT2D eigenvalue weighted by atomic mass is 15.3. The molecule has 2 fully saturated rings. The summed E-state index contributed by atoms with van der Waals surface area (Å²) in [7, 11) is 2.25. The van der Waals surface area contributed by atoms with E-state index in [-0.39, 0.29) is 0 Å². The van der Waals surface area contributed by atoms with Crippen LogP contribution in [0.2, 0.25) is 0 Å². The van der Waals surface area contributed by atoms with Crippen LogP contribution >= 0.6 is 0 Å². The number of nitrogens with zero attached hydrogens (tertiary/aromatic N) is 2. The zero-order valence-corrected chi connectivity index (χ0v) is 13.9. The van der Waals surface area contributed by atoms with E-state index in [1.54, 1.807) is 0 Å². The summed E-state index contributed by atoms with van der Waals surface area (Å²) in [6.07, 6.45) is 8.31. The molecule has 3 unspecified atom stereocenters. The Labute approximate surface area is 126 Å². The van der Waals surface area contributed by atoms with Crippen LogP contribution in [-0.2, 0) is 0 Å². The molecule has 3 nitrogen and oxygen atoms in total. The average Bonchev–Trinajstić information content (AvgIpc) is 2.47. The molecule has 1 saturated heterocycles. The van der Waals surface area contributed by atoms with Crippen LogP contribution in [0.3, 0.4) is 0 Å². The first-order chi connectivity index (χ1) is 9.74. The van der Waals surface area contributed by atoms with E-state index < -0.39 is 0 Å². The zero-order chi connectivity index (χ0) is 14.4. The van der Waals surface area contributed by atoms with Crippen molar-refractivity contribution in [2.75, 3.05) is 39.8 Å². The highest BCUT2D eigenvalue weighted by Crippen LogP contribution is 2.31. The van der Waals surface area contributed by atoms with Crippen molar-refractivity contribution in [3.05, 3.63) is 0 Å². The maximum atomic E-state index is 3.84. The minimum Gasteiger partial charge on any atom is -0.312 e. The third-order valence-corrected chi connectivity index (χ3v) is 5.29. The van der Waals surface area contributed by atoms with Gasteiger partial charge in [-0.25, -0.2) is 0 Å². The summed E-state index contributed by atoms with van der Waals surface area (Å²) in [4.78, 5) is 5.26. The summed E-state index contributed by atoms with van der Waals surface area (Å²) in [5.74, 6) is 0.976. The first kappa shape index (κ1) is 16.3. The molecule has 0 aromatic rings. The summed E-state index contributed by atoms with van der Waals surface area (Å²) >= 11 is 0. The Morgan fingerprint density at radius 3 is 2.40 bits per heavy atom. The Bertz CT molecular complexity index is 256. The van der Waals surface area contributed by atoms with Gasteiger partial charge in [0, 0.05) is 38.3 Å². The summed E-state index contributed by atoms with van der Waals surface area (Å²) in [6.45, 7) is 10.8. The number of likely N-dealkylation sites (N-methyl/N-ethyl adjacent to an activating group) is 1. The quantitative estimate of drug-likeness (QED) is 0.807. The molecule has 1 saturated carbocycles. The SMILES string of the molecule is CCCNC1CCC(CCC)CC1N1CCN(C)CC1. The minimum absolute atomic E-state index is 0.742. The molecule has 0 aromatic carbocycles. The lowest BCUT2D eigenvalue weighted by molar-refractivity contribution is 0.0541. The van der Waals surface area contributed by atoms with E-state index in [9.17, 15) is 0 Å². The van der Waals surface area contributed by atoms with Crippen LogP contribution in [0, 0.1) is 5.92 Å². The third kappa shape index (κ3) is 4.44. The number of rotatable bonds is 6. The van der Waals surface area contributed by atoms with Crippen LogP contribution in [0.25, 0.3) is 0 Å². The van der Waals surface area contributed by atoms with Crippen molar-refractivity contribution in [2.45, 2.75) is 64.5 Å². The van der Waals surface area contributed by atoms with E-state index in [1.807, 2.05) is 0 Å². The lowest BCUT2D eigenvalue weighted by Crippen LogP contribution is -2.58. The van der Waals surface area contributed by atoms with Crippen LogP contribution in [0.4, 0.5) is 0 Å². The summed E-state index contributed by atoms with van der Waals surface area (Å²) in [5.41, 5.74) is 0. The van der Waals surface area contributed by atoms with E-state index in [2.05, 4.69) is 36.0 Å². The van der Waals surface area contributed by atoms with Gasteiger partial charge in [0.1, 0.15) is 0 Å². The van der Waals surface area contributed by atoms with Crippen molar-refractivity contribution >= 4 is 0 Å². The van der Waals surface area contributed by atoms with Gasteiger partial charge in [0.05, 0.1) is 0 Å². The van der Waals surface area contributed by atoms with E-state index >= 15 is 0 Å². The second-order valence-electron chi connectivity index (χ2n) is 6.93. The molecule has 0 radical (unpaired) electrons. The van der Waals surface area contributed by atoms with Gasteiger partial charge < -0.3 is 10.2 Å². The fraction of sp³-hybridized carbons (Fsp3) is 1.00. The van der Waals surface area contributed by atoms with Crippen molar-refractivity contribution in [3.8, 4) is 0 Å². The second kappa shape index (κ2) is 8.35. The largest absolute Gasteiger partial charge is 0.312 e. The predicted octanol–water partition coefficient (Wildman–Crippen LogP) is 2.57. The molecule has 1 N–H and O–H groups in total. The van der Waals surface area contributed by atoms with Gasteiger partial charge in [-0.1, -0.05) is 26.7 Å². The van der Waals surface area contributed by atoms with Crippen molar-refractivity contribution in [3.63, 3.8) is 0 Å². The minimum atomic E-state index is 0.742. The third-order valence-electron chi connectivity index (χ3n) is 5.29. The summed E-state index contributed by atoms with van der Waals surface area (Å²) in [6, 6.07) is 1.53. The zero-order valence-electron chi connectivity index (χ0n) is 13.9. The monoisotopic (exact) mass is 281 g/mol. The van der Waals surface area contributed by atoms with Gasteiger partial charge in [-0.2, -0.15) is 0 Å². The van der Waals surface area contributed by atoms with Crippen LogP contribution in [-0.4, -0.2) is 61.7 Å². The molecule has 0 bridgehead atoms. The van der Waals surface area contributed by atoms with E-state index in [0.717, 1.165) is 18.0 Å². The molecule has 2 aliphatic rings. The molecule has 0 aromatic heterocycles. The van der Waals surface area contributed by atoms with Crippen LogP contribution in [0.5, 0.6) is 0 Å². The van der Waals surface area contributed by atoms with E-state index in [0.29, 0.717) is 0 Å².